The summed E-state index contributed by atoms with van der Waals surface area (Å²) in [6.45, 7) is 2.64. The summed E-state index contributed by atoms with van der Waals surface area (Å²) in [4.78, 5) is 45.8. The predicted octanol–water partition coefficient (Wildman–Crippen LogP) is 10.2. The van der Waals surface area contributed by atoms with Gasteiger partial charge >= 0.3 is 25.7 Å². The van der Waals surface area contributed by atoms with Crippen LogP contribution in [0.2, 0.25) is 0 Å². The number of phosphoric acid groups is 1. The number of esters is 2. The molecule has 306 valence electrons. The molecule has 0 aromatic rings. The highest BCUT2D eigenvalue weighted by molar-refractivity contribution is 7.47. The monoisotopic (exact) mass is 769 g/mol. The Bertz CT molecular complexity index is 1090. The van der Waals surface area contributed by atoms with Gasteiger partial charge in [-0.2, -0.15) is 0 Å². The Morgan fingerprint density at radius 3 is 1.58 bits per heavy atom. The Balaban J connectivity index is 4.46. The molecule has 0 saturated carbocycles. The topological polar surface area (TPSA) is 172 Å². The average Bonchev–Trinajstić information content (AvgIpc) is 3.13. The van der Waals surface area contributed by atoms with Crippen LogP contribution in [0.1, 0.15) is 162 Å². The number of unbranched alkanes of at least 4 members (excludes halogenated alkanes) is 15. The van der Waals surface area contributed by atoms with Gasteiger partial charge in [0, 0.05) is 12.8 Å². The van der Waals surface area contributed by atoms with Crippen molar-refractivity contribution in [2.45, 2.75) is 174 Å². The first-order chi connectivity index (χ1) is 25.6. The zero-order valence-electron chi connectivity index (χ0n) is 32.8. The number of hydrogen-bond acceptors (Lipinski definition) is 9. The van der Waals surface area contributed by atoms with Crippen LogP contribution >= 0.6 is 7.82 Å². The lowest BCUT2D eigenvalue weighted by Gasteiger charge is -2.20. The maximum Gasteiger partial charge on any atom is 0.472 e. The zero-order chi connectivity index (χ0) is 39.3. The number of phosphoric ester groups is 1. The van der Waals surface area contributed by atoms with Crippen molar-refractivity contribution in [2.24, 2.45) is 5.73 Å². The van der Waals surface area contributed by atoms with Gasteiger partial charge < -0.3 is 25.2 Å². The van der Waals surface area contributed by atoms with E-state index < -0.39 is 51.1 Å². The Hall–Kier alpha value is -2.56. The Morgan fingerprint density at radius 2 is 1.06 bits per heavy atom. The van der Waals surface area contributed by atoms with Gasteiger partial charge in [0.2, 0.25) is 0 Å². The summed E-state index contributed by atoms with van der Waals surface area (Å²) in [7, 11) is -4.72. The van der Waals surface area contributed by atoms with Crippen molar-refractivity contribution in [3.05, 3.63) is 48.6 Å². The fraction of sp³-hybridized carbons (Fsp3) is 0.732. The van der Waals surface area contributed by atoms with Crippen molar-refractivity contribution in [3.8, 4) is 0 Å². The van der Waals surface area contributed by atoms with Crippen LogP contribution in [0.25, 0.3) is 0 Å². The van der Waals surface area contributed by atoms with Crippen LogP contribution in [-0.2, 0) is 37.5 Å². The Kier molecular flexibility index (Phi) is 34.7. The summed E-state index contributed by atoms with van der Waals surface area (Å²) in [5.41, 5.74) is 5.32. The average molecular weight is 770 g/mol. The number of ether oxygens (including phenoxy) is 2. The lowest BCUT2D eigenvalue weighted by molar-refractivity contribution is -0.161. The number of rotatable bonds is 37. The number of hydrogen-bond donors (Lipinski definition) is 3. The second-order valence-electron chi connectivity index (χ2n) is 13.4. The molecule has 0 heterocycles. The van der Waals surface area contributed by atoms with E-state index in [2.05, 4.69) is 67.0 Å². The maximum atomic E-state index is 12.6. The molecule has 0 rings (SSSR count). The number of nitrogens with two attached hydrogens (primary N) is 1. The highest BCUT2D eigenvalue weighted by atomic mass is 31.2. The van der Waals surface area contributed by atoms with Gasteiger partial charge in [0.25, 0.3) is 0 Å². The summed E-state index contributed by atoms with van der Waals surface area (Å²) in [5.74, 6) is -2.41. The molecule has 0 amide bonds. The van der Waals surface area contributed by atoms with E-state index in [-0.39, 0.29) is 19.4 Å². The molecule has 0 aromatic carbocycles. The maximum absolute atomic E-state index is 12.6. The molecule has 0 aliphatic carbocycles. The molecule has 3 unspecified atom stereocenters. The standard InChI is InChI=1S/C41H72NO10P/c1-3-5-7-9-11-13-15-17-18-19-20-21-23-25-27-29-31-33-40(44)52-37(35-50-53(47,48)51-36-38(42)41(45)46)34-49-39(43)32-30-28-26-24-22-16-14-12-10-8-6-4-2/h5,7,11,13,17-18,20-21,37-38H,3-4,6,8-10,12,14-16,19,22-36,42H2,1-2H3,(H,45,46)(H,47,48)/b7-5-,13-11-,18-17-,21-20-. The van der Waals surface area contributed by atoms with Crippen molar-refractivity contribution >= 4 is 25.7 Å². The molecule has 0 fully saturated rings. The van der Waals surface area contributed by atoms with Crippen LogP contribution in [0, 0.1) is 0 Å². The minimum atomic E-state index is -4.72. The molecule has 0 aromatic heterocycles. The summed E-state index contributed by atoms with van der Waals surface area (Å²) >= 11 is 0. The van der Waals surface area contributed by atoms with Crippen LogP contribution in [0.4, 0.5) is 0 Å². The highest BCUT2D eigenvalue weighted by Crippen LogP contribution is 2.43. The number of carboxylic acid groups (broad SMARTS) is 1. The third-order valence-electron chi connectivity index (χ3n) is 8.34. The Labute approximate surface area is 320 Å². The van der Waals surface area contributed by atoms with Gasteiger partial charge in [-0.1, -0.05) is 146 Å². The van der Waals surface area contributed by atoms with E-state index in [1.165, 1.54) is 51.4 Å². The molecule has 4 N–H and O–H groups in total. The molecular weight excluding hydrogens is 697 g/mol. The SMILES string of the molecule is CC/C=C\C/C=C\C/C=C\C/C=C\CCCCCCC(=O)OC(COC(=O)CCCCCCCCCCCCCC)COP(=O)(O)OCC(N)C(=O)O. The molecule has 0 radical (unpaired) electrons. The van der Waals surface area contributed by atoms with E-state index in [1.54, 1.807) is 0 Å². The minimum absolute atomic E-state index is 0.133. The fourth-order valence-corrected chi connectivity index (χ4v) is 5.95. The minimum Gasteiger partial charge on any atom is -0.480 e. The van der Waals surface area contributed by atoms with Gasteiger partial charge in [0.1, 0.15) is 12.6 Å². The van der Waals surface area contributed by atoms with Crippen LogP contribution < -0.4 is 5.73 Å². The van der Waals surface area contributed by atoms with Gasteiger partial charge in [0.05, 0.1) is 13.2 Å². The predicted molar refractivity (Wildman–Crippen MR) is 212 cm³/mol. The van der Waals surface area contributed by atoms with E-state index in [0.717, 1.165) is 70.6 Å². The first kappa shape index (κ1) is 50.4. The molecule has 0 spiro atoms. The normalized spacial score (nSPS) is 14.3. The smallest absolute Gasteiger partial charge is 0.472 e. The summed E-state index contributed by atoms with van der Waals surface area (Å²) in [6, 6.07) is -1.53. The quantitative estimate of drug-likeness (QED) is 0.0238. The van der Waals surface area contributed by atoms with E-state index >= 15 is 0 Å². The second-order valence-corrected chi connectivity index (χ2v) is 14.8. The van der Waals surface area contributed by atoms with Crippen LogP contribution in [0.3, 0.4) is 0 Å². The van der Waals surface area contributed by atoms with Crippen molar-refractivity contribution in [1.82, 2.24) is 0 Å². The van der Waals surface area contributed by atoms with Crippen molar-refractivity contribution < 1.29 is 47.5 Å². The third kappa shape index (κ3) is 36.2. The molecule has 0 aliphatic heterocycles. The van der Waals surface area contributed by atoms with Gasteiger partial charge in [-0.25, -0.2) is 4.57 Å². The molecule has 0 aliphatic rings. The molecule has 3 atom stereocenters. The van der Waals surface area contributed by atoms with Gasteiger partial charge in [-0.05, 0) is 51.4 Å². The molecule has 53 heavy (non-hydrogen) atoms. The summed E-state index contributed by atoms with van der Waals surface area (Å²) < 4.78 is 32.6. The third-order valence-corrected chi connectivity index (χ3v) is 9.29. The Morgan fingerprint density at radius 1 is 0.604 bits per heavy atom. The molecule has 0 saturated heterocycles. The van der Waals surface area contributed by atoms with Crippen molar-refractivity contribution in [1.29, 1.82) is 0 Å². The second kappa shape index (κ2) is 36.4. The summed E-state index contributed by atoms with van der Waals surface area (Å²) in [5, 5.41) is 8.87. The van der Waals surface area contributed by atoms with Crippen LogP contribution in [0.15, 0.2) is 48.6 Å². The van der Waals surface area contributed by atoms with Gasteiger partial charge in [-0.3, -0.25) is 23.4 Å². The van der Waals surface area contributed by atoms with Crippen molar-refractivity contribution in [3.63, 3.8) is 0 Å². The zero-order valence-corrected chi connectivity index (χ0v) is 33.7. The molecule has 0 bridgehead atoms. The number of aliphatic carboxylic acids is 1. The van der Waals surface area contributed by atoms with E-state index in [9.17, 15) is 23.8 Å². The van der Waals surface area contributed by atoms with Crippen molar-refractivity contribution in [2.75, 3.05) is 19.8 Å². The fourth-order valence-electron chi connectivity index (χ4n) is 5.17. The highest BCUT2D eigenvalue weighted by Gasteiger charge is 2.28. The first-order valence-corrected chi connectivity index (χ1v) is 21.7. The van der Waals surface area contributed by atoms with E-state index in [0.29, 0.717) is 12.8 Å². The number of allylic oxidation sites excluding steroid dienone is 8. The van der Waals surface area contributed by atoms with E-state index in [4.69, 9.17) is 24.8 Å². The molecule has 12 heteroatoms. The largest absolute Gasteiger partial charge is 0.480 e. The van der Waals surface area contributed by atoms with Gasteiger partial charge in [-0.15, -0.1) is 0 Å². The van der Waals surface area contributed by atoms with E-state index in [1.807, 2.05) is 0 Å². The lowest BCUT2D eigenvalue weighted by Crippen LogP contribution is -2.34. The molecule has 11 nitrogen and oxygen atoms in total. The summed E-state index contributed by atoms with van der Waals surface area (Å²) in [6.07, 6.45) is 38.9. The van der Waals surface area contributed by atoms with Crippen LogP contribution in [-0.4, -0.2) is 59.9 Å². The molecular formula is C41H72NO10P. The number of carbonyl (C=O) groups excluding carboxylic acids is 2. The number of carbonyl (C=O) groups is 3. The lowest BCUT2D eigenvalue weighted by atomic mass is 10.0. The first-order valence-electron chi connectivity index (χ1n) is 20.2. The van der Waals surface area contributed by atoms with Crippen LogP contribution in [0.5, 0.6) is 0 Å². The number of carboxylic acids is 1. The van der Waals surface area contributed by atoms with Gasteiger partial charge in [0.15, 0.2) is 6.10 Å².